The molecule has 2 heteroatoms. The van der Waals surface area contributed by atoms with E-state index in [1.807, 2.05) is 6.08 Å². The van der Waals surface area contributed by atoms with Crippen LogP contribution in [0.25, 0.3) is 0 Å². The minimum Gasteiger partial charge on any atom is -0.463 e. The molecule has 0 amide bonds. The molecule has 0 heterocycles. The van der Waals surface area contributed by atoms with Crippen LogP contribution in [0.1, 0.15) is 72.1 Å². The van der Waals surface area contributed by atoms with Crippen molar-refractivity contribution < 1.29 is 9.53 Å². The van der Waals surface area contributed by atoms with Crippen LogP contribution in [0, 0.1) is 5.92 Å². The summed E-state index contributed by atoms with van der Waals surface area (Å²) in [6.07, 6.45) is 13.0. The molecule has 0 N–H and O–H groups in total. The molecule has 1 atom stereocenters. The number of esters is 1. The molecule has 0 rings (SSSR count). The van der Waals surface area contributed by atoms with Gasteiger partial charge in [0.15, 0.2) is 0 Å². The third kappa shape index (κ3) is 10.4. The van der Waals surface area contributed by atoms with Crippen LogP contribution in [-0.4, -0.2) is 12.6 Å². The third-order valence-corrected chi connectivity index (χ3v) is 3.20. The number of ether oxygens (including phenoxy) is 1. The second-order valence-electron chi connectivity index (χ2n) is 4.90. The smallest absolute Gasteiger partial charge is 0.330 e. The van der Waals surface area contributed by atoms with E-state index < -0.39 is 0 Å². The maximum Gasteiger partial charge on any atom is 0.330 e. The largest absolute Gasteiger partial charge is 0.463 e. The Labute approximate surface area is 113 Å². The van der Waals surface area contributed by atoms with Crippen molar-refractivity contribution in [1.82, 2.24) is 0 Å². The molecule has 0 aromatic heterocycles. The van der Waals surface area contributed by atoms with Crippen LogP contribution < -0.4 is 0 Å². The molecule has 18 heavy (non-hydrogen) atoms. The summed E-state index contributed by atoms with van der Waals surface area (Å²) in [5, 5.41) is 0. The first-order valence-corrected chi connectivity index (χ1v) is 7.59. The number of allylic oxidation sites excluding steroid dienone is 1. The zero-order valence-electron chi connectivity index (χ0n) is 12.4. The number of hydrogen-bond acceptors (Lipinski definition) is 2. The Kier molecular flexibility index (Phi) is 12.1. The zero-order chi connectivity index (χ0) is 13.6. The summed E-state index contributed by atoms with van der Waals surface area (Å²) in [5.74, 6) is 0.347. The van der Waals surface area contributed by atoms with E-state index in [1.54, 1.807) is 6.08 Å². The van der Waals surface area contributed by atoms with Crippen LogP contribution in [0.4, 0.5) is 0 Å². The molecule has 106 valence electrons. The highest BCUT2D eigenvalue weighted by Gasteiger charge is 2.03. The van der Waals surface area contributed by atoms with Crippen molar-refractivity contribution in [3.8, 4) is 0 Å². The monoisotopic (exact) mass is 254 g/mol. The molecular formula is C16H30O2. The van der Waals surface area contributed by atoms with E-state index in [0.29, 0.717) is 12.5 Å². The Hall–Kier alpha value is -0.790. The first-order chi connectivity index (χ1) is 8.74. The van der Waals surface area contributed by atoms with Crippen molar-refractivity contribution >= 4 is 5.97 Å². The van der Waals surface area contributed by atoms with Crippen molar-refractivity contribution in [2.75, 3.05) is 6.61 Å². The maximum atomic E-state index is 11.4. The second kappa shape index (κ2) is 12.7. The number of rotatable bonds is 11. The molecule has 0 aromatic carbocycles. The molecule has 0 aliphatic heterocycles. The van der Waals surface area contributed by atoms with Crippen molar-refractivity contribution in [2.45, 2.75) is 72.1 Å². The quantitative estimate of drug-likeness (QED) is 0.298. The van der Waals surface area contributed by atoms with E-state index >= 15 is 0 Å². The minimum absolute atomic E-state index is 0.181. The summed E-state index contributed by atoms with van der Waals surface area (Å²) in [4.78, 5) is 11.4. The van der Waals surface area contributed by atoms with Crippen molar-refractivity contribution in [3.05, 3.63) is 12.2 Å². The highest BCUT2D eigenvalue weighted by Crippen LogP contribution is 2.14. The molecular weight excluding hydrogens is 224 g/mol. The van der Waals surface area contributed by atoms with Crippen molar-refractivity contribution in [2.24, 2.45) is 5.92 Å². The zero-order valence-corrected chi connectivity index (χ0v) is 12.4. The first-order valence-electron chi connectivity index (χ1n) is 7.59. The predicted octanol–water partition coefficient (Wildman–Crippen LogP) is 4.88. The van der Waals surface area contributed by atoms with E-state index in [2.05, 4.69) is 20.8 Å². The Morgan fingerprint density at radius 2 is 1.72 bits per heavy atom. The lowest BCUT2D eigenvalue weighted by atomic mass is 9.98. The van der Waals surface area contributed by atoms with Gasteiger partial charge in [-0.15, -0.1) is 0 Å². The lowest BCUT2D eigenvalue weighted by Crippen LogP contribution is -2.03. The molecule has 1 unspecified atom stereocenters. The summed E-state index contributed by atoms with van der Waals surface area (Å²) in [6, 6.07) is 0. The highest BCUT2D eigenvalue weighted by atomic mass is 16.5. The number of hydrogen-bond donors (Lipinski definition) is 0. The third-order valence-electron chi connectivity index (χ3n) is 3.20. The van der Waals surface area contributed by atoms with Gasteiger partial charge in [0.05, 0.1) is 6.61 Å². The maximum absolute atomic E-state index is 11.4. The molecule has 0 aliphatic rings. The summed E-state index contributed by atoms with van der Waals surface area (Å²) >= 11 is 0. The van der Waals surface area contributed by atoms with Gasteiger partial charge in [0.1, 0.15) is 0 Å². The van der Waals surface area contributed by atoms with Crippen LogP contribution in [0.2, 0.25) is 0 Å². The topological polar surface area (TPSA) is 26.3 Å². The van der Waals surface area contributed by atoms with Gasteiger partial charge in [-0.3, -0.25) is 0 Å². The van der Waals surface area contributed by atoms with E-state index in [4.69, 9.17) is 4.74 Å². The minimum atomic E-state index is -0.181. The fourth-order valence-electron chi connectivity index (χ4n) is 1.88. The molecule has 0 saturated heterocycles. The molecule has 0 radical (unpaired) electrons. The summed E-state index contributed by atoms with van der Waals surface area (Å²) in [5.41, 5.74) is 0. The van der Waals surface area contributed by atoms with Crippen molar-refractivity contribution in [1.29, 1.82) is 0 Å². The van der Waals surface area contributed by atoms with Gasteiger partial charge >= 0.3 is 5.97 Å². The molecule has 0 saturated carbocycles. The van der Waals surface area contributed by atoms with E-state index in [0.717, 1.165) is 25.7 Å². The lowest BCUT2D eigenvalue weighted by molar-refractivity contribution is -0.137. The fraction of sp³-hybridized carbons (Fsp3) is 0.812. The van der Waals surface area contributed by atoms with Crippen LogP contribution in [0.5, 0.6) is 0 Å². The van der Waals surface area contributed by atoms with Gasteiger partial charge in [-0.25, -0.2) is 4.79 Å². The SMILES string of the molecule is CCCCCOC(=O)/C=C/C(CC)CCCCC. The Morgan fingerprint density at radius 1 is 1.06 bits per heavy atom. The predicted molar refractivity (Wildman–Crippen MR) is 77.5 cm³/mol. The van der Waals surface area contributed by atoms with Gasteiger partial charge in [0, 0.05) is 6.08 Å². The van der Waals surface area contributed by atoms with E-state index in [9.17, 15) is 4.79 Å². The molecule has 2 nitrogen and oxygen atoms in total. The van der Waals surface area contributed by atoms with Gasteiger partial charge in [0.2, 0.25) is 0 Å². The summed E-state index contributed by atoms with van der Waals surface area (Å²) in [6.45, 7) is 7.09. The molecule has 0 aromatic rings. The Balaban J connectivity index is 3.75. The Bertz CT molecular complexity index is 221. The number of unbranched alkanes of at least 4 members (excludes halogenated alkanes) is 4. The second-order valence-corrected chi connectivity index (χ2v) is 4.90. The van der Waals surface area contributed by atoms with Gasteiger partial charge in [-0.2, -0.15) is 0 Å². The molecule has 0 aliphatic carbocycles. The van der Waals surface area contributed by atoms with Crippen LogP contribution in [0.3, 0.4) is 0 Å². The standard InChI is InChI=1S/C16H30O2/c1-4-7-9-11-15(6-3)12-13-16(17)18-14-10-8-5-2/h12-13,15H,4-11,14H2,1-3H3/b13-12+. The van der Waals surface area contributed by atoms with Gasteiger partial charge in [-0.1, -0.05) is 59.0 Å². The van der Waals surface area contributed by atoms with Gasteiger partial charge < -0.3 is 4.74 Å². The average Bonchev–Trinajstić information content (AvgIpc) is 2.39. The van der Waals surface area contributed by atoms with Gasteiger partial charge in [0.25, 0.3) is 0 Å². The number of carbonyl (C=O) groups is 1. The fourth-order valence-corrected chi connectivity index (χ4v) is 1.88. The molecule has 0 fully saturated rings. The van der Waals surface area contributed by atoms with Gasteiger partial charge in [-0.05, 0) is 25.2 Å². The lowest BCUT2D eigenvalue weighted by Gasteiger charge is -2.09. The first kappa shape index (κ1) is 17.2. The molecule has 0 spiro atoms. The summed E-state index contributed by atoms with van der Waals surface area (Å²) in [7, 11) is 0. The van der Waals surface area contributed by atoms with Crippen LogP contribution in [-0.2, 0) is 9.53 Å². The van der Waals surface area contributed by atoms with Crippen LogP contribution in [0.15, 0.2) is 12.2 Å². The normalized spacial score (nSPS) is 12.8. The van der Waals surface area contributed by atoms with Crippen LogP contribution >= 0.6 is 0 Å². The summed E-state index contributed by atoms with van der Waals surface area (Å²) < 4.78 is 5.14. The highest BCUT2D eigenvalue weighted by molar-refractivity contribution is 5.81. The average molecular weight is 254 g/mol. The molecule has 0 bridgehead atoms. The van der Waals surface area contributed by atoms with E-state index in [-0.39, 0.29) is 5.97 Å². The Morgan fingerprint density at radius 3 is 2.33 bits per heavy atom. The number of carbonyl (C=O) groups excluding carboxylic acids is 1. The van der Waals surface area contributed by atoms with E-state index in [1.165, 1.54) is 25.7 Å². The van der Waals surface area contributed by atoms with Crippen molar-refractivity contribution in [3.63, 3.8) is 0 Å².